The third kappa shape index (κ3) is 2.70. The Hall–Kier alpha value is -2.33. The summed E-state index contributed by atoms with van der Waals surface area (Å²) in [6, 6.07) is 13.6. The molecule has 4 nitrogen and oxygen atoms in total. The lowest BCUT2D eigenvalue weighted by atomic mass is 9.99. The Kier molecular flexibility index (Phi) is 3.86. The van der Waals surface area contributed by atoms with Crippen LogP contribution in [-0.4, -0.2) is 19.1 Å². The fraction of sp³-hybridized carbons (Fsp3) is 0.278. The fourth-order valence-corrected chi connectivity index (χ4v) is 2.89. The molecule has 0 saturated heterocycles. The van der Waals surface area contributed by atoms with Gasteiger partial charge in [-0.15, -0.1) is 0 Å². The molecule has 0 bridgehead atoms. The zero-order valence-corrected chi connectivity index (χ0v) is 12.9. The van der Waals surface area contributed by atoms with E-state index in [2.05, 4.69) is 26.0 Å². The Balaban J connectivity index is 1.87. The number of rotatable bonds is 3. The van der Waals surface area contributed by atoms with Gasteiger partial charge in [-0.05, 0) is 37.1 Å². The number of nitrogens with zero attached hydrogens (tertiary/aromatic N) is 1. The maximum absolute atomic E-state index is 12.2. The number of benzene rings is 2. The van der Waals surface area contributed by atoms with Crippen molar-refractivity contribution in [2.24, 2.45) is 5.73 Å². The van der Waals surface area contributed by atoms with Gasteiger partial charge < -0.3 is 15.4 Å². The number of amides is 1. The van der Waals surface area contributed by atoms with E-state index < -0.39 is 0 Å². The molecule has 1 unspecified atom stereocenters. The molecule has 2 aromatic carbocycles. The van der Waals surface area contributed by atoms with Gasteiger partial charge >= 0.3 is 0 Å². The summed E-state index contributed by atoms with van der Waals surface area (Å²) in [5, 5.41) is 0. The van der Waals surface area contributed by atoms with Gasteiger partial charge in [0.2, 0.25) is 0 Å². The zero-order valence-electron chi connectivity index (χ0n) is 12.9. The van der Waals surface area contributed by atoms with Crippen LogP contribution in [0.15, 0.2) is 42.5 Å². The number of anilines is 1. The summed E-state index contributed by atoms with van der Waals surface area (Å²) in [5.41, 5.74) is 10.6. The summed E-state index contributed by atoms with van der Waals surface area (Å²) in [4.78, 5) is 13.9. The standard InChI is InChI=1S/C18H20N2O2/c1-12-7-8-14(13(2)9-12)15(19)10-20-16-5-3-4-6-17(16)22-11-18(20)21/h3-9,15H,10-11,19H2,1-2H3. The van der Waals surface area contributed by atoms with Crippen molar-refractivity contribution in [3.8, 4) is 5.75 Å². The van der Waals surface area contributed by atoms with Crippen molar-refractivity contribution in [2.75, 3.05) is 18.1 Å². The predicted octanol–water partition coefficient (Wildman–Crippen LogP) is 2.73. The summed E-state index contributed by atoms with van der Waals surface area (Å²) >= 11 is 0. The lowest BCUT2D eigenvalue weighted by Crippen LogP contribution is -2.42. The molecular weight excluding hydrogens is 276 g/mol. The molecule has 22 heavy (non-hydrogen) atoms. The zero-order chi connectivity index (χ0) is 15.7. The maximum Gasteiger partial charge on any atom is 0.265 e. The van der Waals surface area contributed by atoms with E-state index in [9.17, 15) is 4.79 Å². The van der Waals surface area contributed by atoms with E-state index in [4.69, 9.17) is 10.5 Å². The minimum atomic E-state index is -0.226. The Labute approximate surface area is 130 Å². The van der Waals surface area contributed by atoms with Crippen LogP contribution in [0.5, 0.6) is 5.75 Å². The molecule has 3 rings (SSSR count). The Bertz CT molecular complexity index is 712. The van der Waals surface area contributed by atoms with Crippen molar-refractivity contribution in [2.45, 2.75) is 19.9 Å². The van der Waals surface area contributed by atoms with Gasteiger partial charge in [0, 0.05) is 12.6 Å². The van der Waals surface area contributed by atoms with E-state index in [1.807, 2.05) is 30.3 Å². The van der Waals surface area contributed by atoms with Gasteiger partial charge in [-0.25, -0.2) is 0 Å². The highest BCUT2D eigenvalue weighted by Gasteiger charge is 2.27. The number of carbonyl (C=O) groups is 1. The quantitative estimate of drug-likeness (QED) is 0.947. The summed E-state index contributed by atoms with van der Waals surface area (Å²) in [6.45, 7) is 4.63. The van der Waals surface area contributed by atoms with Crippen molar-refractivity contribution in [1.82, 2.24) is 0 Å². The number of para-hydroxylation sites is 2. The molecule has 1 atom stereocenters. The van der Waals surface area contributed by atoms with E-state index in [0.717, 1.165) is 22.6 Å². The molecule has 0 saturated carbocycles. The van der Waals surface area contributed by atoms with Crippen LogP contribution in [-0.2, 0) is 4.79 Å². The number of nitrogens with two attached hydrogens (primary N) is 1. The molecule has 1 amide bonds. The highest BCUT2D eigenvalue weighted by Crippen LogP contribution is 2.32. The predicted molar refractivity (Wildman–Crippen MR) is 87.1 cm³/mol. The second kappa shape index (κ2) is 5.81. The van der Waals surface area contributed by atoms with Crippen molar-refractivity contribution < 1.29 is 9.53 Å². The number of carbonyl (C=O) groups excluding carboxylic acids is 1. The number of hydrogen-bond donors (Lipinski definition) is 1. The Morgan fingerprint density at radius 3 is 2.77 bits per heavy atom. The molecule has 114 valence electrons. The monoisotopic (exact) mass is 296 g/mol. The van der Waals surface area contributed by atoms with Crippen LogP contribution in [0.1, 0.15) is 22.7 Å². The first-order valence-electron chi connectivity index (χ1n) is 7.41. The average molecular weight is 296 g/mol. The molecule has 0 spiro atoms. The molecule has 4 heteroatoms. The van der Waals surface area contributed by atoms with Crippen LogP contribution >= 0.6 is 0 Å². The molecule has 0 radical (unpaired) electrons. The van der Waals surface area contributed by atoms with Gasteiger partial charge in [-0.3, -0.25) is 4.79 Å². The van der Waals surface area contributed by atoms with Crippen LogP contribution in [0.3, 0.4) is 0 Å². The second-order valence-electron chi connectivity index (χ2n) is 5.73. The van der Waals surface area contributed by atoms with E-state index in [0.29, 0.717) is 6.54 Å². The topological polar surface area (TPSA) is 55.6 Å². The first kappa shape index (κ1) is 14.6. The highest BCUT2D eigenvalue weighted by molar-refractivity contribution is 5.97. The Morgan fingerprint density at radius 1 is 1.23 bits per heavy atom. The molecule has 2 N–H and O–H groups in total. The SMILES string of the molecule is Cc1ccc(C(N)CN2C(=O)COc3ccccc32)c(C)c1. The summed E-state index contributed by atoms with van der Waals surface area (Å²) < 4.78 is 5.46. The van der Waals surface area contributed by atoms with E-state index in [-0.39, 0.29) is 18.6 Å². The number of aryl methyl sites for hydroxylation is 2. The number of ether oxygens (including phenoxy) is 1. The fourth-order valence-electron chi connectivity index (χ4n) is 2.89. The molecule has 1 aliphatic rings. The molecular formula is C18H20N2O2. The Morgan fingerprint density at radius 2 is 2.00 bits per heavy atom. The van der Waals surface area contributed by atoms with Crippen LogP contribution in [0.25, 0.3) is 0 Å². The molecule has 1 aliphatic heterocycles. The molecule has 0 aliphatic carbocycles. The van der Waals surface area contributed by atoms with Gasteiger partial charge in [-0.2, -0.15) is 0 Å². The molecule has 2 aromatic rings. The average Bonchev–Trinajstić information content (AvgIpc) is 2.50. The largest absolute Gasteiger partial charge is 0.482 e. The first-order valence-corrected chi connectivity index (χ1v) is 7.41. The normalized spacial score (nSPS) is 15.2. The summed E-state index contributed by atoms with van der Waals surface area (Å²) in [6.07, 6.45) is 0. The van der Waals surface area contributed by atoms with E-state index >= 15 is 0 Å². The van der Waals surface area contributed by atoms with E-state index in [1.54, 1.807) is 4.90 Å². The van der Waals surface area contributed by atoms with Crippen molar-refractivity contribution in [3.63, 3.8) is 0 Å². The minimum Gasteiger partial charge on any atom is -0.482 e. The lowest BCUT2D eigenvalue weighted by molar-refractivity contribution is -0.121. The van der Waals surface area contributed by atoms with Gasteiger partial charge in [0.15, 0.2) is 6.61 Å². The first-order chi connectivity index (χ1) is 10.6. The minimum absolute atomic E-state index is 0.0566. The van der Waals surface area contributed by atoms with Crippen molar-refractivity contribution in [1.29, 1.82) is 0 Å². The number of fused-ring (bicyclic) bond motifs is 1. The lowest BCUT2D eigenvalue weighted by Gasteiger charge is -2.31. The van der Waals surface area contributed by atoms with Crippen LogP contribution in [0, 0.1) is 13.8 Å². The van der Waals surface area contributed by atoms with Gasteiger partial charge in [-0.1, -0.05) is 35.9 Å². The van der Waals surface area contributed by atoms with Crippen LogP contribution < -0.4 is 15.4 Å². The van der Waals surface area contributed by atoms with Gasteiger partial charge in [0.25, 0.3) is 5.91 Å². The van der Waals surface area contributed by atoms with Crippen LogP contribution in [0.4, 0.5) is 5.69 Å². The van der Waals surface area contributed by atoms with Gasteiger partial charge in [0.05, 0.1) is 5.69 Å². The van der Waals surface area contributed by atoms with Crippen LogP contribution in [0.2, 0.25) is 0 Å². The third-order valence-corrected chi connectivity index (χ3v) is 4.01. The summed E-state index contributed by atoms with van der Waals surface area (Å²) in [7, 11) is 0. The smallest absolute Gasteiger partial charge is 0.265 e. The molecule has 1 heterocycles. The maximum atomic E-state index is 12.2. The molecule has 0 fully saturated rings. The van der Waals surface area contributed by atoms with Crippen molar-refractivity contribution in [3.05, 3.63) is 59.2 Å². The number of hydrogen-bond acceptors (Lipinski definition) is 3. The third-order valence-electron chi connectivity index (χ3n) is 4.01. The van der Waals surface area contributed by atoms with Crippen molar-refractivity contribution >= 4 is 11.6 Å². The summed E-state index contributed by atoms with van der Waals surface area (Å²) in [5.74, 6) is 0.675. The van der Waals surface area contributed by atoms with Gasteiger partial charge in [0.1, 0.15) is 5.75 Å². The van der Waals surface area contributed by atoms with E-state index in [1.165, 1.54) is 5.56 Å². The second-order valence-corrected chi connectivity index (χ2v) is 5.73. The molecule has 0 aromatic heterocycles. The highest BCUT2D eigenvalue weighted by atomic mass is 16.5.